The summed E-state index contributed by atoms with van der Waals surface area (Å²) in [5, 5.41) is 17.5. The third-order valence-electron chi connectivity index (χ3n) is 2.44. The molecule has 0 spiro atoms. The number of nitriles is 2. The fourth-order valence-corrected chi connectivity index (χ4v) is 1.54. The molecule has 0 atom stereocenters. The molecule has 0 unspecified atom stereocenters. The van der Waals surface area contributed by atoms with Crippen LogP contribution in [0, 0.1) is 22.7 Å². The molecule has 0 aliphatic rings. The highest BCUT2D eigenvalue weighted by atomic mass is 16.5. The van der Waals surface area contributed by atoms with Crippen LogP contribution in [0.15, 0.2) is 48.5 Å². The second-order valence-electron chi connectivity index (χ2n) is 3.69. The van der Waals surface area contributed by atoms with Crippen molar-refractivity contribution < 1.29 is 4.74 Å². The molecule has 0 fully saturated rings. The van der Waals surface area contributed by atoms with Gasteiger partial charge in [0, 0.05) is 0 Å². The van der Waals surface area contributed by atoms with Gasteiger partial charge in [0.25, 0.3) is 0 Å². The molecule has 0 radical (unpaired) electrons. The Morgan fingerprint density at radius 2 is 1.67 bits per heavy atom. The van der Waals surface area contributed by atoms with E-state index in [0.717, 1.165) is 5.56 Å². The Morgan fingerprint density at radius 1 is 0.944 bits per heavy atom. The van der Waals surface area contributed by atoms with Crippen molar-refractivity contribution in [3.05, 3.63) is 59.7 Å². The number of rotatable bonds is 3. The molecule has 0 saturated carbocycles. The van der Waals surface area contributed by atoms with Gasteiger partial charge in [0.1, 0.15) is 17.6 Å². The van der Waals surface area contributed by atoms with Gasteiger partial charge in [0.2, 0.25) is 0 Å². The van der Waals surface area contributed by atoms with Gasteiger partial charge in [-0.1, -0.05) is 24.3 Å². The van der Waals surface area contributed by atoms with Crippen molar-refractivity contribution >= 4 is 0 Å². The summed E-state index contributed by atoms with van der Waals surface area (Å²) in [6.07, 6.45) is 0.384. The normalized spacial score (nSPS) is 9.22. The maximum Gasteiger partial charge on any atom is 0.145 e. The van der Waals surface area contributed by atoms with Crippen LogP contribution in [0.5, 0.6) is 11.5 Å². The first-order chi connectivity index (χ1) is 8.83. The minimum Gasteiger partial charge on any atom is -0.456 e. The van der Waals surface area contributed by atoms with Crippen LogP contribution in [0.1, 0.15) is 11.1 Å². The van der Waals surface area contributed by atoms with Gasteiger partial charge in [-0.05, 0) is 29.8 Å². The van der Waals surface area contributed by atoms with E-state index in [1.54, 1.807) is 30.3 Å². The summed E-state index contributed by atoms with van der Waals surface area (Å²) >= 11 is 0. The molecular formula is C15H10N2O. The topological polar surface area (TPSA) is 56.8 Å². The minimum absolute atomic E-state index is 0.384. The predicted octanol–water partition coefficient (Wildman–Crippen LogP) is 3.42. The van der Waals surface area contributed by atoms with Crippen molar-refractivity contribution in [2.75, 3.05) is 0 Å². The molecule has 0 bridgehead atoms. The lowest BCUT2D eigenvalue weighted by atomic mass is 10.1. The van der Waals surface area contributed by atoms with Crippen molar-refractivity contribution in [3.8, 4) is 23.6 Å². The van der Waals surface area contributed by atoms with Crippen LogP contribution in [-0.2, 0) is 6.42 Å². The van der Waals surface area contributed by atoms with Crippen LogP contribution in [0.3, 0.4) is 0 Å². The van der Waals surface area contributed by atoms with E-state index in [9.17, 15) is 0 Å². The first kappa shape index (κ1) is 11.7. The monoisotopic (exact) mass is 234 g/mol. The van der Waals surface area contributed by atoms with Crippen LogP contribution in [-0.4, -0.2) is 0 Å². The number of benzene rings is 2. The lowest BCUT2D eigenvalue weighted by Crippen LogP contribution is -1.88. The molecule has 2 aromatic rings. The number of hydrogen-bond acceptors (Lipinski definition) is 3. The molecule has 0 heterocycles. The fourth-order valence-electron chi connectivity index (χ4n) is 1.54. The Labute approximate surface area is 105 Å². The zero-order valence-corrected chi connectivity index (χ0v) is 9.63. The maximum atomic E-state index is 8.94. The minimum atomic E-state index is 0.384. The quantitative estimate of drug-likeness (QED) is 0.817. The van der Waals surface area contributed by atoms with E-state index in [4.69, 9.17) is 15.3 Å². The average molecular weight is 234 g/mol. The molecule has 86 valence electrons. The van der Waals surface area contributed by atoms with Gasteiger partial charge >= 0.3 is 0 Å². The van der Waals surface area contributed by atoms with Crippen molar-refractivity contribution in [1.29, 1.82) is 10.5 Å². The third kappa shape index (κ3) is 2.66. The highest BCUT2D eigenvalue weighted by Gasteiger charge is 2.03. The molecule has 0 N–H and O–H groups in total. The number of nitrogens with zero attached hydrogens (tertiary/aromatic N) is 2. The number of ether oxygens (including phenoxy) is 1. The molecule has 0 saturated heterocycles. The van der Waals surface area contributed by atoms with Crippen LogP contribution in [0.2, 0.25) is 0 Å². The molecule has 18 heavy (non-hydrogen) atoms. The molecule has 2 aromatic carbocycles. The van der Waals surface area contributed by atoms with Gasteiger partial charge in [-0.3, -0.25) is 0 Å². The van der Waals surface area contributed by atoms with Crippen molar-refractivity contribution in [2.45, 2.75) is 6.42 Å². The summed E-state index contributed by atoms with van der Waals surface area (Å²) in [5.41, 5.74) is 1.44. The Morgan fingerprint density at radius 3 is 2.33 bits per heavy atom. The Hall–Kier alpha value is -2.78. The Bertz CT molecular complexity index is 618. The van der Waals surface area contributed by atoms with Gasteiger partial charge in [0.15, 0.2) is 0 Å². The van der Waals surface area contributed by atoms with E-state index in [1.807, 2.05) is 18.2 Å². The van der Waals surface area contributed by atoms with Gasteiger partial charge in [-0.2, -0.15) is 10.5 Å². The highest BCUT2D eigenvalue weighted by molar-refractivity contribution is 5.45. The Kier molecular flexibility index (Phi) is 3.59. The standard InChI is InChI=1S/C15H10N2O/c16-10-9-12-5-7-14(8-6-12)18-15-4-2-1-3-13(15)11-17/h1-8H,9H2. The largest absolute Gasteiger partial charge is 0.456 e. The summed E-state index contributed by atoms with van der Waals surface area (Å²) in [6.45, 7) is 0. The van der Waals surface area contributed by atoms with Gasteiger partial charge in [-0.25, -0.2) is 0 Å². The van der Waals surface area contributed by atoms with Crippen LogP contribution >= 0.6 is 0 Å². The lowest BCUT2D eigenvalue weighted by Gasteiger charge is -2.07. The summed E-state index contributed by atoms with van der Waals surface area (Å²) in [5.74, 6) is 1.19. The van der Waals surface area contributed by atoms with E-state index in [2.05, 4.69) is 12.1 Å². The average Bonchev–Trinajstić information content (AvgIpc) is 2.42. The van der Waals surface area contributed by atoms with E-state index in [1.165, 1.54) is 0 Å². The fraction of sp³-hybridized carbons (Fsp3) is 0.0667. The van der Waals surface area contributed by atoms with Crippen molar-refractivity contribution in [3.63, 3.8) is 0 Å². The second-order valence-corrected chi connectivity index (χ2v) is 3.69. The second kappa shape index (κ2) is 5.52. The molecule has 0 aromatic heterocycles. The molecule has 2 rings (SSSR count). The van der Waals surface area contributed by atoms with Crippen LogP contribution in [0.4, 0.5) is 0 Å². The van der Waals surface area contributed by atoms with E-state index < -0.39 is 0 Å². The van der Waals surface area contributed by atoms with E-state index in [0.29, 0.717) is 23.5 Å². The summed E-state index contributed by atoms with van der Waals surface area (Å²) in [4.78, 5) is 0. The molecule has 3 nitrogen and oxygen atoms in total. The summed E-state index contributed by atoms with van der Waals surface area (Å²) < 4.78 is 5.63. The SMILES string of the molecule is N#CCc1ccc(Oc2ccccc2C#N)cc1. The zero-order valence-electron chi connectivity index (χ0n) is 9.63. The predicted molar refractivity (Wildman–Crippen MR) is 67.0 cm³/mol. The molecule has 3 heteroatoms. The maximum absolute atomic E-state index is 8.94. The number of hydrogen-bond donors (Lipinski definition) is 0. The van der Waals surface area contributed by atoms with Crippen LogP contribution in [0.25, 0.3) is 0 Å². The van der Waals surface area contributed by atoms with Crippen molar-refractivity contribution in [1.82, 2.24) is 0 Å². The number of para-hydroxylation sites is 1. The molecule has 0 aliphatic heterocycles. The third-order valence-corrected chi connectivity index (χ3v) is 2.44. The summed E-state index contributed by atoms with van der Waals surface area (Å²) in [7, 11) is 0. The first-order valence-corrected chi connectivity index (χ1v) is 5.46. The summed E-state index contributed by atoms with van der Waals surface area (Å²) in [6, 6.07) is 18.5. The zero-order chi connectivity index (χ0) is 12.8. The lowest BCUT2D eigenvalue weighted by molar-refractivity contribution is 0.481. The molecular weight excluding hydrogens is 224 g/mol. The Balaban J connectivity index is 2.19. The van der Waals surface area contributed by atoms with E-state index in [-0.39, 0.29) is 0 Å². The van der Waals surface area contributed by atoms with Gasteiger partial charge in [0.05, 0.1) is 18.1 Å². The van der Waals surface area contributed by atoms with Gasteiger partial charge in [-0.15, -0.1) is 0 Å². The first-order valence-electron chi connectivity index (χ1n) is 5.46. The van der Waals surface area contributed by atoms with Gasteiger partial charge < -0.3 is 4.74 Å². The smallest absolute Gasteiger partial charge is 0.145 e. The molecule has 0 amide bonds. The molecule has 0 aliphatic carbocycles. The highest BCUT2D eigenvalue weighted by Crippen LogP contribution is 2.24. The van der Waals surface area contributed by atoms with E-state index >= 15 is 0 Å². The van der Waals surface area contributed by atoms with Crippen LogP contribution < -0.4 is 4.74 Å². The van der Waals surface area contributed by atoms with Crippen molar-refractivity contribution in [2.24, 2.45) is 0 Å².